The molecule has 2 rings (SSSR count). The van der Waals surface area contributed by atoms with Crippen LogP contribution in [0.15, 0.2) is 42.7 Å². The van der Waals surface area contributed by atoms with E-state index in [9.17, 15) is 9.18 Å². The van der Waals surface area contributed by atoms with Crippen molar-refractivity contribution in [2.24, 2.45) is 0 Å². The molecule has 4 nitrogen and oxygen atoms in total. The highest BCUT2D eigenvalue weighted by atomic mass is 35.5. The van der Waals surface area contributed by atoms with Gasteiger partial charge in [0, 0.05) is 18.9 Å². The third-order valence-electron chi connectivity index (χ3n) is 3.00. The molecule has 0 aliphatic rings. The first-order valence-electron chi connectivity index (χ1n) is 6.84. The van der Waals surface area contributed by atoms with Gasteiger partial charge in [-0.05, 0) is 43.2 Å². The molecule has 22 heavy (non-hydrogen) atoms. The van der Waals surface area contributed by atoms with Crippen LogP contribution in [-0.2, 0) is 11.2 Å². The summed E-state index contributed by atoms with van der Waals surface area (Å²) in [5.74, 6) is -0.437. The number of nitrogens with one attached hydrogen (secondary N) is 1. The average Bonchev–Trinajstić information content (AvgIpc) is 2.51. The molecule has 0 bridgehead atoms. The third kappa shape index (κ3) is 4.70. The minimum Gasteiger partial charge on any atom is -0.479 e. The molecule has 0 radical (unpaired) electrons. The van der Waals surface area contributed by atoms with Gasteiger partial charge in [0.25, 0.3) is 5.91 Å². The second kappa shape index (κ2) is 7.75. The second-order valence-electron chi connectivity index (χ2n) is 4.74. The number of benzene rings is 1. The zero-order valence-electron chi connectivity index (χ0n) is 12.1. The van der Waals surface area contributed by atoms with Crippen LogP contribution in [0.2, 0.25) is 5.02 Å². The normalized spacial score (nSPS) is 11.8. The molecule has 0 saturated heterocycles. The number of pyridine rings is 1. The van der Waals surface area contributed by atoms with Gasteiger partial charge in [-0.2, -0.15) is 0 Å². The fourth-order valence-electron chi connectivity index (χ4n) is 1.83. The van der Waals surface area contributed by atoms with Crippen LogP contribution in [0.1, 0.15) is 12.5 Å². The van der Waals surface area contributed by atoms with Gasteiger partial charge in [0.15, 0.2) is 6.10 Å². The van der Waals surface area contributed by atoms with Gasteiger partial charge < -0.3 is 10.1 Å². The molecule has 0 aliphatic carbocycles. The molecule has 1 amide bonds. The first-order chi connectivity index (χ1) is 10.6. The molecule has 6 heteroatoms. The molecule has 2 aromatic rings. The van der Waals surface area contributed by atoms with E-state index in [1.165, 1.54) is 12.1 Å². The van der Waals surface area contributed by atoms with E-state index < -0.39 is 11.9 Å². The Morgan fingerprint density at radius 1 is 1.45 bits per heavy atom. The minimum absolute atomic E-state index is 0.134. The van der Waals surface area contributed by atoms with Crippen LogP contribution < -0.4 is 10.1 Å². The van der Waals surface area contributed by atoms with Crippen molar-refractivity contribution in [3.63, 3.8) is 0 Å². The lowest BCUT2D eigenvalue weighted by atomic mass is 10.2. The largest absolute Gasteiger partial charge is 0.479 e. The summed E-state index contributed by atoms with van der Waals surface area (Å²) in [6, 6.07) is 7.56. The number of carbonyl (C=O) groups is 1. The van der Waals surface area contributed by atoms with Crippen LogP contribution in [0.25, 0.3) is 0 Å². The molecule has 1 atom stereocenters. The van der Waals surface area contributed by atoms with Crippen molar-refractivity contribution in [1.82, 2.24) is 10.3 Å². The van der Waals surface area contributed by atoms with Gasteiger partial charge in [0.05, 0.1) is 5.02 Å². The molecular weight excluding hydrogens is 307 g/mol. The molecule has 1 aromatic heterocycles. The lowest BCUT2D eigenvalue weighted by molar-refractivity contribution is -0.127. The van der Waals surface area contributed by atoms with E-state index in [1.54, 1.807) is 19.3 Å². The highest BCUT2D eigenvalue weighted by molar-refractivity contribution is 6.32. The van der Waals surface area contributed by atoms with E-state index in [2.05, 4.69) is 10.3 Å². The van der Waals surface area contributed by atoms with E-state index in [0.29, 0.717) is 13.0 Å². The topological polar surface area (TPSA) is 51.2 Å². The number of hydrogen-bond donors (Lipinski definition) is 1. The lowest BCUT2D eigenvalue weighted by Crippen LogP contribution is -2.37. The molecule has 0 spiro atoms. The van der Waals surface area contributed by atoms with Crippen LogP contribution in [0.3, 0.4) is 0 Å². The minimum atomic E-state index is -0.725. The molecule has 1 aromatic carbocycles. The van der Waals surface area contributed by atoms with Crippen molar-refractivity contribution in [1.29, 1.82) is 0 Å². The summed E-state index contributed by atoms with van der Waals surface area (Å²) in [6.07, 6.45) is 3.41. The SMILES string of the molecule is CC(Oc1ccc(F)cc1Cl)C(=O)NCCc1cccnc1. The third-order valence-corrected chi connectivity index (χ3v) is 3.30. The van der Waals surface area contributed by atoms with E-state index in [1.807, 2.05) is 12.1 Å². The van der Waals surface area contributed by atoms with E-state index in [4.69, 9.17) is 16.3 Å². The number of ether oxygens (including phenoxy) is 1. The molecule has 1 N–H and O–H groups in total. The Kier molecular flexibility index (Phi) is 5.72. The summed E-state index contributed by atoms with van der Waals surface area (Å²) in [4.78, 5) is 16.0. The van der Waals surface area contributed by atoms with Gasteiger partial charge in [-0.3, -0.25) is 9.78 Å². The Hall–Kier alpha value is -2.14. The maximum Gasteiger partial charge on any atom is 0.260 e. The number of halogens is 2. The number of carbonyl (C=O) groups excluding carboxylic acids is 1. The highest BCUT2D eigenvalue weighted by Gasteiger charge is 2.15. The van der Waals surface area contributed by atoms with Crippen molar-refractivity contribution in [3.8, 4) is 5.75 Å². The van der Waals surface area contributed by atoms with E-state index in [0.717, 1.165) is 11.6 Å². The monoisotopic (exact) mass is 322 g/mol. The van der Waals surface area contributed by atoms with Gasteiger partial charge in [-0.1, -0.05) is 17.7 Å². The maximum atomic E-state index is 12.9. The molecule has 0 saturated carbocycles. The van der Waals surface area contributed by atoms with Gasteiger partial charge in [-0.15, -0.1) is 0 Å². The quantitative estimate of drug-likeness (QED) is 0.889. The predicted octanol–water partition coefficient (Wildman–Crippen LogP) is 3.00. The summed E-state index contributed by atoms with van der Waals surface area (Å²) in [5.41, 5.74) is 1.04. The zero-order chi connectivity index (χ0) is 15.9. The van der Waals surface area contributed by atoms with Crippen molar-refractivity contribution >= 4 is 17.5 Å². The maximum absolute atomic E-state index is 12.9. The van der Waals surface area contributed by atoms with Gasteiger partial charge >= 0.3 is 0 Å². The Morgan fingerprint density at radius 2 is 2.27 bits per heavy atom. The van der Waals surface area contributed by atoms with Crippen LogP contribution in [0, 0.1) is 5.82 Å². The number of nitrogens with zero attached hydrogens (tertiary/aromatic N) is 1. The molecule has 1 heterocycles. The summed E-state index contributed by atoms with van der Waals surface area (Å²) in [6.45, 7) is 2.09. The molecule has 0 fully saturated rings. The summed E-state index contributed by atoms with van der Waals surface area (Å²) < 4.78 is 18.4. The van der Waals surface area contributed by atoms with Crippen LogP contribution in [0.5, 0.6) is 5.75 Å². The smallest absolute Gasteiger partial charge is 0.260 e. The Bertz CT molecular complexity index is 637. The first kappa shape index (κ1) is 16.2. The molecule has 0 aliphatic heterocycles. The Morgan fingerprint density at radius 3 is 2.95 bits per heavy atom. The lowest BCUT2D eigenvalue weighted by Gasteiger charge is -2.15. The first-order valence-corrected chi connectivity index (χ1v) is 7.22. The van der Waals surface area contributed by atoms with Crippen LogP contribution in [-0.4, -0.2) is 23.5 Å². The van der Waals surface area contributed by atoms with Crippen molar-refractivity contribution < 1.29 is 13.9 Å². The Labute approximate surface area is 133 Å². The van der Waals surface area contributed by atoms with Gasteiger partial charge in [0.1, 0.15) is 11.6 Å². The predicted molar refractivity (Wildman–Crippen MR) is 82.5 cm³/mol. The van der Waals surface area contributed by atoms with Crippen molar-refractivity contribution in [2.75, 3.05) is 6.54 Å². The fourth-order valence-corrected chi connectivity index (χ4v) is 2.05. The van der Waals surface area contributed by atoms with Gasteiger partial charge in [0.2, 0.25) is 0 Å². The van der Waals surface area contributed by atoms with Crippen molar-refractivity contribution in [2.45, 2.75) is 19.4 Å². The molecular formula is C16H16ClFN2O2. The van der Waals surface area contributed by atoms with E-state index >= 15 is 0 Å². The summed E-state index contributed by atoms with van der Waals surface area (Å²) in [5, 5.41) is 2.91. The number of rotatable bonds is 6. The molecule has 116 valence electrons. The average molecular weight is 323 g/mol. The Balaban J connectivity index is 1.82. The van der Waals surface area contributed by atoms with E-state index in [-0.39, 0.29) is 16.7 Å². The number of amides is 1. The number of hydrogen-bond acceptors (Lipinski definition) is 3. The second-order valence-corrected chi connectivity index (χ2v) is 5.14. The summed E-state index contributed by atoms with van der Waals surface area (Å²) in [7, 11) is 0. The zero-order valence-corrected chi connectivity index (χ0v) is 12.8. The van der Waals surface area contributed by atoms with Crippen molar-refractivity contribution in [3.05, 3.63) is 59.1 Å². The highest BCUT2D eigenvalue weighted by Crippen LogP contribution is 2.25. The summed E-state index contributed by atoms with van der Waals surface area (Å²) >= 11 is 5.86. The van der Waals surface area contributed by atoms with Crippen LogP contribution in [0.4, 0.5) is 4.39 Å². The standard InChI is InChI=1S/C16H16ClFN2O2/c1-11(22-15-5-4-13(18)9-14(15)17)16(21)20-8-6-12-3-2-7-19-10-12/h2-5,7,9-11H,6,8H2,1H3,(H,20,21). The molecule has 1 unspecified atom stereocenters. The van der Waals surface area contributed by atoms with Crippen LogP contribution >= 0.6 is 11.6 Å². The fraction of sp³-hybridized carbons (Fsp3) is 0.250. The van der Waals surface area contributed by atoms with Gasteiger partial charge in [-0.25, -0.2) is 4.39 Å². The number of aromatic nitrogens is 1.